The Labute approximate surface area is 103 Å². The van der Waals surface area contributed by atoms with E-state index in [4.69, 9.17) is 4.74 Å². The van der Waals surface area contributed by atoms with E-state index in [9.17, 15) is 8.42 Å². The predicted octanol–water partition coefficient (Wildman–Crippen LogP) is -0.516. The minimum Gasteiger partial charge on any atom is -0.378 e. The van der Waals surface area contributed by atoms with E-state index in [0.717, 1.165) is 13.1 Å². The van der Waals surface area contributed by atoms with Crippen LogP contribution in [0.1, 0.15) is 12.8 Å². The zero-order chi connectivity index (χ0) is 12.3. The SMILES string of the molecule is CS(=O)(=O)CCN1CCOCC1CNC1CC1. The highest BCUT2D eigenvalue weighted by molar-refractivity contribution is 7.90. The van der Waals surface area contributed by atoms with Gasteiger partial charge in [-0.1, -0.05) is 0 Å². The van der Waals surface area contributed by atoms with Gasteiger partial charge in [-0.25, -0.2) is 8.42 Å². The first-order valence-electron chi connectivity index (χ1n) is 6.27. The third-order valence-corrected chi connectivity index (χ3v) is 4.24. The first kappa shape index (κ1) is 13.3. The van der Waals surface area contributed by atoms with E-state index in [1.807, 2.05) is 0 Å². The normalized spacial score (nSPS) is 27.2. The van der Waals surface area contributed by atoms with Crippen molar-refractivity contribution in [1.82, 2.24) is 10.2 Å². The van der Waals surface area contributed by atoms with Gasteiger partial charge in [-0.05, 0) is 12.8 Å². The van der Waals surface area contributed by atoms with E-state index in [1.165, 1.54) is 19.1 Å². The van der Waals surface area contributed by atoms with Gasteiger partial charge in [0.25, 0.3) is 0 Å². The third kappa shape index (κ3) is 4.91. The number of hydrogen-bond donors (Lipinski definition) is 1. The summed E-state index contributed by atoms with van der Waals surface area (Å²) < 4.78 is 27.8. The molecule has 17 heavy (non-hydrogen) atoms. The van der Waals surface area contributed by atoms with Crippen LogP contribution in [0.2, 0.25) is 0 Å². The van der Waals surface area contributed by atoms with Gasteiger partial charge >= 0.3 is 0 Å². The molecule has 1 unspecified atom stereocenters. The molecule has 1 N–H and O–H groups in total. The maximum Gasteiger partial charge on any atom is 0.148 e. The summed E-state index contributed by atoms with van der Waals surface area (Å²) in [5.41, 5.74) is 0. The summed E-state index contributed by atoms with van der Waals surface area (Å²) in [5, 5.41) is 3.48. The van der Waals surface area contributed by atoms with Crippen LogP contribution in [0.15, 0.2) is 0 Å². The van der Waals surface area contributed by atoms with Gasteiger partial charge in [-0.2, -0.15) is 0 Å². The summed E-state index contributed by atoms with van der Waals surface area (Å²) in [6, 6.07) is 1.01. The Kier molecular flexibility index (Phi) is 4.41. The van der Waals surface area contributed by atoms with Gasteiger partial charge in [0.05, 0.1) is 19.0 Å². The molecule has 1 saturated heterocycles. The molecule has 1 saturated carbocycles. The number of morpholine rings is 1. The number of sulfone groups is 1. The molecule has 1 aliphatic heterocycles. The monoisotopic (exact) mass is 262 g/mol. The predicted molar refractivity (Wildman–Crippen MR) is 66.9 cm³/mol. The fourth-order valence-corrected chi connectivity index (χ4v) is 2.61. The van der Waals surface area contributed by atoms with Gasteiger partial charge < -0.3 is 10.1 Å². The van der Waals surface area contributed by atoms with Crippen LogP contribution >= 0.6 is 0 Å². The molecule has 1 heterocycles. The molecule has 2 rings (SSSR count). The minimum atomic E-state index is -2.87. The highest BCUT2D eigenvalue weighted by Gasteiger charge is 2.27. The molecule has 2 fully saturated rings. The van der Waals surface area contributed by atoms with Crippen LogP contribution in [0.25, 0.3) is 0 Å². The molecule has 1 aliphatic carbocycles. The standard InChI is InChI=1S/C11H22N2O3S/c1-17(14,15)7-5-13-4-6-16-9-11(13)8-12-10-2-3-10/h10-12H,2-9H2,1H3. The van der Waals surface area contributed by atoms with Gasteiger partial charge in [-0.3, -0.25) is 4.90 Å². The quantitative estimate of drug-likeness (QED) is 0.698. The molecule has 5 nitrogen and oxygen atoms in total. The van der Waals surface area contributed by atoms with E-state index < -0.39 is 9.84 Å². The Hall–Kier alpha value is -0.170. The Bertz CT molecular complexity index is 341. The Balaban J connectivity index is 1.78. The lowest BCUT2D eigenvalue weighted by molar-refractivity contribution is -0.00386. The Morgan fingerprint density at radius 3 is 2.82 bits per heavy atom. The van der Waals surface area contributed by atoms with Gasteiger partial charge in [0.2, 0.25) is 0 Å². The van der Waals surface area contributed by atoms with Crippen molar-refractivity contribution in [3.05, 3.63) is 0 Å². The summed E-state index contributed by atoms with van der Waals surface area (Å²) in [6.45, 7) is 3.80. The summed E-state index contributed by atoms with van der Waals surface area (Å²) in [6.07, 6.45) is 3.85. The van der Waals surface area contributed by atoms with E-state index in [2.05, 4.69) is 10.2 Å². The second-order valence-electron chi connectivity index (χ2n) is 5.08. The molecular formula is C11H22N2O3S. The number of hydrogen-bond acceptors (Lipinski definition) is 5. The number of ether oxygens (including phenoxy) is 1. The van der Waals surface area contributed by atoms with Crippen LogP contribution in [-0.2, 0) is 14.6 Å². The first-order valence-corrected chi connectivity index (χ1v) is 8.33. The van der Waals surface area contributed by atoms with Crippen LogP contribution < -0.4 is 5.32 Å². The molecule has 0 spiro atoms. The van der Waals surface area contributed by atoms with Crippen molar-refractivity contribution in [2.45, 2.75) is 24.9 Å². The van der Waals surface area contributed by atoms with Crippen LogP contribution in [0.5, 0.6) is 0 Å². The molecule has 6 heteroatoms. The lowest BCUT2D eigenvalue weighted by Gasteiger charge is -2.35. The largest absolute Gasteiger partial charge is 0.378 e. The zero-order valence-electron chi connectivity index (χ0n) is 10.4. The highest BCUT2D eigenvalue weighted by Crippen LogP contribution is 2.19. The van der Waals surface area contributed by atoms with Crippen molar-refractivity contribution < 1.29 is 13.2 Å². The van der Waals surface area contributed by atoms with Crippen LogP contribution in [0.3, 0.4) is 0 Å². The maximum atomic E-state index is 11.2. The fourth-order valence-electron chi connectivity index (χ4n) is 2.04. The molecule has 0 amide bonds. The van der Waals surface area contributed by atoms with E-state index >= 15 is 0 Å². The molecule has 0 bridgehead atoms. The summed E-state index contributed by atoms with van der Waals surface area (Å²) in [7, 11) is -2.87. The number of rotatable bonds is 6. The highest BCUT2D eigenvalue weighted by atomic mass is 32.2. The van der Waals surface area contributed by atoms with Gasteiger partial charge in [0, 0.05) is 38.0 Å². The summed E-state index contributed by atoms with van der Waals surface area (Å²) >= 11 is 0. The minimum absolute atomic E-state index is 0.243. The van der Waals surface area contributed by atoms with Crippen molar-refractivity contribution >= 4 is 9.84 Å². The topological polar surface area (TPSA) is 58.6 Å². The van der Waals surface area contributed by atoms with Gasteiger partial charge in [0.1, 0.15) is 9.84 Å². The molecule has 0 radical (unpaired) electrons. The van der Waals surface area contributed by atoms with Crippen molar-refractivity contribution in [3.8, 4) is 0 Å². The van der Waals surface area contributed by atoms with Crippen molar-refractivity contribution in [1.29, 1.82) is 0 Å². The molecular weight excluding hydrogens is 240 g/mol. The zero-order valence-corrected chi connectivity index (χ0v) is 11.2. The molecule has 100 valence electrons. The Morgan fingerprint density at radius 2 is 2.18 bits per heavy atom. The van der Waals surface area contributed by atoms with Crippen molar-refractivity contribution in [2.24, 2.45) is 0 Å². The smallest absolute Gasteiger partial charge is 0.148 e. The van der Waals surface area contributed by atoms with Crippen molar-refractivity contribution in [2.75, 3.05) is 44.9 Å². The summed E-state index contributed by atoms with van der Waals surface area (Å²) in [4.78, 5) is 2.24. The van der Waals surface area contributed by atoms with E-state index in [1.54, 1.807) is 0 Å². The average Bonchev–Trinajstić information content (AvgIpc) is 3.07. The maximum absolute atomic E-state index is 11.2. The molecule has 0 aromatic carbocycles. The fraction of sp³-hybridized carbons (Fsp3) is 1.00. The second kappa shape index (κ2) is 5.65. The third-order valence-electron chi connectivity index (χ3n) is 3.32. The van der Waals surface area contributed by atoms with Gasteiger partial charge in [0.15, 0.2) is 0 Å². The molecule has 0 aromatic rings. The number of nitrogens with one attached hydrogen (secondary N) is 1. The van der Waals surface area contributed by atoms with E-state index in [0.29, 0.717) is 31.8 Å². The van der Waals surface area contributed by atoms with E-state index in [-0.39, 0.29) is 5.75 Å². The molecule has 0 aromatic heterocycles. The lowest BCUT2D eigenvalue weighted by Crippen LogP contribution is -2.51. The Morgan fingerprint density at radius 1 is 1.41 bits per heavy atom. The molecule has 2 aliphatic rings. The van der Waals surface area contributed by atoms with Crippen molar-refractivity contribution in [3.63, 3.8) is 0 Å². The van der Waals surface area contributed by atoms with Crippen LogP contribution in [0, 0.1) is 0 Å². The second-order valence-corrected chi connectivity index (χ2v) is 7.34. The molecule has 1 atom stereocenters. The van der Waals surface area contributed by atoms with Crippen LogP contribution in [-0.4, -0.2) is 70.3 Å². The lowest BCUT2D eigenvalue weighted by atomic mass is 10.2. The average molecular weight is 262 g/mol. The first-order chi connectivity index (χ1) is 8.04. The number of nitrogens with zero attached hydrogens (tertiary/aromatic N) is 1. The van der Waals surface area contributed by atoms with Gasteiger partial charge in [-0.15, -0.1) is 0 Å². The van der Waals surface area contributed by atoms with Crippen LogP contribution in [0.4, 0.5) is 0 Å². The summed E-state index contributed by atoms with van der Waals surface area (Å²) in [5.74, 6) is 0.243.